The van der Waals surface area contributed by atoms with Crippen LogP contribution in [-0.2, 0) is 11.3 Å². The minimum atomic E-state index is 0.251. The summed E-state index contributed by atoms with van der Waals surface area (Å²) < 4.78 is 16.6. The molecule has 2 aliphatic rings. The average molecular weight is 372 g/mol. The average Bonchev–Trinajstić information content (AvgIpc) is 3.38. The molecule has 1 aromatic heterocycles. The molecule has 0 bridgehead atoms. The number of rotatable bonds is 6. The highest BCUT2D eigenvalue weighted by Crippen LogP contribution is 2.36. The second kappa shape index (κ2) is 8.27. The highest BCUT2D eigenvalue weighted by molar-refractivity contribution is 5.44. The summed E-state index contributed by atoms with van der Waals surface area (Å²) in [7, 11) is 3.41. The largest absolute Gasteiger partial charge is 0.496 e. The fourth-order valence-corrected chi connectivity index (χ4v) is 4.19. The molecule has 0 unspecified atom stereocenters. The Morgan fingerprint density at radius 1 is 1.15 bits per heavy atom. The van der Waals surface area contributed by atoms with Crippen molar-refractivity contribution in [3.05, 3.63) is 35.4 Å². The van der Waals surface area contributed by atoms with Gasteiger partial charge in [0.1, 0.15) is 17.3 Å². The van der Waals surface area contributed by atoms with Gasteiger partial charge in [0, 0.05) is 25.7 Å². The first-order chi connectivity index (χ1) is 13.3. The van der Waals surface area contributed by atoms with Crippen LogP contribution in [0.5, 0.6) is 11.5 Å². The maximum Gasteiger partial charge on any atom is 0.154 e. The Kier molecular flexibility index (Phi) is 5.59. The molecule has 146 valence electrons. The Morgan fingerprint density at radius 2 is 1.89 bits per heavy atom. The Morgan fingerprint density at radius 3 is 2.59 bits per heavy atom. The first kappa shape index (κ1) is 18.3. The van der Waals surface area contributed by atoms with Crippen molar-refractivity contribution in [2.24, 2.45) is 0 Å². The molecular weight excluding hydrogens is 344 g/mol. The van der Waals surface area contributed by atoms with Gasteiger partial charge in [-0.15, -0.1) is 0 Å². The standard InChI is InChI=1S/C20H28N4O3/c1-25-17-6-3-7-18(26-2)15(17)13-24-10-4-5-16(24)20-21-19(22-23-20)14-8-11-27-12-9-14/h3,6-7,14,16H,4-5,8-13H2,1-2H3,(H,21,22,23)/t16-/m0/s1. The molecule has 0 spiro atoms. The summed E-state index contributed by atoms with van der Waals surface area (Å²) in [5.41, 5.74) is 1.08. The first-order valence-electron chi connectivity index (χ1n) is 9.74. The van der Waals surface area contributed by atoms with Crippen LogP contribution < -0.4 is 9.47 Å². The van der Waals surface area contributed by atoms with E-state index in [0.29, 0.717) is 5.92 Å². The lowest BCUT2D eigenvalue weighted by molar-refractivity contribution is 0.0836. The molecule has 4 rings (SSSR count). The molecular formula is C20H28N4O3. The quantitative estimate of drug-likeness (QED) is 0.840. The number of nitrogens with one attached hydrogen (secondary N) is 1. The van der Waals surface area contributed by atoms with Gasteiger partial charge >= 0.3 is 0 Å². The summed E-state index contributed by atoms with van der Waals surface area (Å²) in [6.07, 6.45) is 4.24. The predicted molar refractivity (Wildman–Crippen MR) is 101 cm³/mol. The summed E-state index contributed by atoms with van der Waals surface area (Å²) in [4.78, 5) is 7.31. The number of hydrogen-bond acceptors (Lipinski definition) is 6. The number of likely N-dealkylation sites (tertiary alicyclic amines) is 1. The maximum absolute atomic E-state index is 5.57. The van der Waals surface area contributed by atoms with Gasteiger partial charge in [-0.3, -0.25) is 10.00 Å². The molecule has 3 heterocycles. The lowest BCUT2D eigenvalue weighted by Crippen LogP contribution is -2.24. The van der Waals surface area contributed by atoms with Crippen LogP contribution in [0.2, 0.25) is 0 Å². The highest BCUT2D eigenvalue weighted by Gasteiger charge is 2.31. The normalized spacial score (nSPS) is 21.5. The lowest BCUT2D eigenvalue weighted by atomic mass is 10.00. The van der Waals surface area contributed by atoms with Gasteiger partial charge < -0.3 is 14.2 Å². The van der Waals surface area contributed by atoms with Crippen molar-refractivity contribution in [3.8, 4) is 11.5 Å². The second-order valence-electron chi connectivity index (χ2n) is 7.24. The SMILES string of the molecule is COc1cccc(OC)c1CN1CCC[C@H]1c1nc(C2CCOCC2)n[nH]1. The zero-order valence-corrected chi connectivity index (χ0v) is 16.1. The van der Waals surface area contributed by atoms with E-state index in [1.54, 1.807) is 14.2 Å². The lowest BCUT2D eigenvalue weighted by Gasteiger charge is -2.24. The van der Waals surface area contributed by atoms with Crippen LogP contribution in [0, 0.1) is 0 Å². The number of methoxy groups -OCH3 is 2. The Balaban J connectivity index is 1.52. The van der Waals surface area contributed by atoms with Gasteiger partial charge in [-0.05, 0) is 44.4 Å². The molecule has 2 aromatic rings. The summed E-state index contributed by atoms with van der Waals surface area (Å²) in [5.74, 6) is 4.05. The fraction of sp³-hybridized carbons (Fsp3) is 0.600. The van der Waals surface area contributed by atoms with Crippen LogP contribution in [0.1, 0.15) is 54.9 Å². The van der Waals surface area contributed by atoms with E-state index in [-0.39, 0.29) is 6.04 Å². The van der Waals surface area contributed by atoms with Gasteiger partial charge in [0.25, 0.3) is 0 Å². The van der Waals surface area contributed by atoms with Crippen LogP contribution >= 0.6 is 0 Å². The van der Waals surface area contributed by atoms with E-state index in [2.05, 4.69) is 15.1 Å². The zero-order chi connectivity index (χ0) is 18.6. The number of nitrogens with zero attached hydrogens (tertiary/aromatic N) is 3. The third-order valence-corrected chi connectivity index (χ3v) is 5.68. The van der Waals surface area contributed by atoms with Crippen LogP contribution in [-0.4, -0.2) is 54.1 Å². The third kappa shape index (κ3) is 3.80. The van der Waals surface area contributed by atoms with Crippen molar-refractivity contribution in [1.29, 1.82) is 0 Å². The van der Waals surface area contributed by atoms with E-state index in [1.807, 2.05) is 18.2 Å². The van der Waals surface area contributed by atoms with Crippen molar-refractivity contribution in [2.45, 2.75) is 44.2 Å². The van der Waals surface area contributed by atoms with Crippen LogP contribution in [0.3, 0.4) is 0 Å². The molecule has 2 saturated heterocycles. The molecule has 1 N–H and O–H groups in total. The van der Waals surface area contributed by atoms with Crippen molar-refractivity contribution < 1.29 is 14.2 Å². The van der Waals surface area contributed by atoms with E-state index < -0.39 is 0 Å². The molecule has 2 aliphatic heterocycles. The summed E-state index contributed by atoms with van der Waals surface area (Å²) in [5, 5.41) is 7.74. The predicted octanol–water partition coefficient (Wildman–Crippen LogP) is 3.05. The maximum atomic E-state index is 5.57. The van der Waals surface area contributed by atoms with E-state index in [4.69, 9.17) is 19.2 Å². The number of ether oxygens (including phenoxy) is 3. The van der Waals surface area contributed by atoms with Crippen molar-refractivity contribution in [1.82, 2.24) is 20.1 Å². The van der Waals surface area contributed by atoms with Crippen molar-refractivity contribution >= 4 is 0 Å². The van der Waals surface area contributed by atoms with Crippen LogP contribution in [0.25, 0.3) is 0 Å². The summed E-state index contributed by atoms with van der Waals surface area (Å²) in [6, 6.07) is 6.18. The van der Waals surface area contributed by atoms with Crippen molar-refractivity contribution in [3.63, 3.8) is 0 Å². The highest BCUT2D eigenvalue weighted by atomic mass is 16.5. The summed E-state index contributed by atoms with van der Waals surface area (Å²) in [6.45, 7) is 3.40. The first-order valence-corrected chi connectivity index (χ1v) is 9.74. The number of benzene rings is 1. The summed E-state index contributed by atoms with van der Waals surface area (Å²) >= 11 is 0. The molecule has 0 aliphatic carbocycles. The minimum absolute atomic E-state index is 0.251. The smallest absolute Gasteiger partial charge is 0.154 e. The van der Waals surface area contributed by atoms with Gasteiger partial charge in [-0.1, -0.05) is 6.07 Å². The molecule has 2 fully saturated rings. The molecule has 1 atom stereocenters. The van der Waals surface area contributed by atoms with E-state index in [1.165, 1.54) is 0 Å². The van der Waals surface area contributed by atoms with Gasteiger partial charge in [-0.2, -0.15) is 5.10 Å². The number of aromatic amines is 1. The topological polar surface area (TPSA) is 72.5 Å². The van der Waals surface area contributed by atoms with E-state index in [0.717, 1.165) is 80.7 Å². The molecule has 7 nitrogen and oxygen atoms in total. The van der Waals surface area contributed by atoms with Gasteiger partial charge in [-0.25, -0.2) is 4.98 Å². The van der Waals surface area contributed by atoms with Gasteiger partial charge in [0.2, 0.25) is 0 Å². The van der Waals surface area contributed by atoms with Crippen LogP contribution in [0.15, 0.2) is 18.2 Å². The zero-order valence-electron chi connectivity index (χ0n) is 16.1. The molecule has 7 heteroatoms. The van der Waals surface area contributed by atoms with E-state index >= 15 is 0 Å². The molecule has 1 aromatic carbocycles. The number of hydrogen-bond donors (Lipinski definition) is 1. The minimum Gasteiger partial charge on any atom is -0.496 e. The van der Waals surface area contributed by atoms with E-state index in [9.17, 15) is 0 Å². The van der Waals surface area contributed by atoms with Crippen LogP contribution in [0.4, 0.5) is 0 Å². The number of H-pyrrole nitrogens is 1. The molecule has 0 saturated carbocycles. The Bertz CT molecular complexity index is 735. The molecule has 27 heavy (non-hydrogen) atoms. The van der Waals surface area contributed by atoms with Gasteiger partial charge in [0.15, 0.2) is 5.82 Å². The fourth-order valence-electron chi connectivity index (χ4n) is 4.19. The molecule has 0 amide bonds. The van der Waals surface area contributed by atoms with Gasteiger partial charge in [0.05, 0.1) is 25.8 Å². The van der Waals surface area contributed by atoms with Crippen molar-refractivity contribution in [2.75, 3.05) is 34.0 Å². The second-order valence-corrected chi connectivity index (χ2v) is 7.24. The third-order valence-electron chi connectivity index (χ3n) is 5.68. The molecule has 0 radical (unpaired) electrons. The Labute approximate surface area is 160 Å². The number of aromatic nitrogens is 3. The Hall–Kier alpha value is -2.12. The monoisotopic (exact) mass is 372 g/mol.